The van der Waals surface area contributed by atoms with Gasteiger partial charge >= 0.3 is 0 Å². The van der Waals surface area contributed by atoms with Gasteiger partial charge in [-0.1, -0.05) is 53.7 Å². The lowest BCUT2D eigenvalue weighted by Gasteiger charge is -1.97. The Morgan fingerprint density at radius 3 is 1.56 bits per heavy atom. The topological polar surface area (TPSA) is 43.1 Å². The molecule has 0 atom stereocenters. The molecule has 0 amide bonds. The van der Waals surface area contributed by atoms with Gasteiger partial charge in [-0.25, -0.2) is 0 Å². The maximum atomic E-state index is 10.8. The fraction of sp³-hybridized carbons (Fsp3) is 0.500. The predicted octanol–water partition coefficient (Wildman–Crippen LogP) is 4.55. The largest absolute Gasteiger partial charge is 0.398 e. The maximum absolute atomic E-state index is 10.8. The second-order valence-electron chi connectivity index (χ2n) is 2.14. The first-order valence-electron chi connectivity index (χ1n) is 6.07. The highest BCUT2D eigenvalue weighted by Crippen LogP contribution is 2.09. The molecular weight excluding hydrogens is 198 g/mol. The number of nitrogen functional groups attached to an aromatic ring is 1. The second kappa shape index (κ2) is 16.1. The molecule has 0 aliphatic heterocycles. The minimum Gasteiger partial charge on any atom is -0.398 e. The minimum absolute atomic E-state index is 0.0121. The quantitative estimate of drug-likeness (QED) is 0.563. The number of nitrogens with two attached hydrogens (primary N) is 1. The zero-order chi connectivity index (χ0) is 13.6. The number of hydrogen-bond acceptors (Lipinski definition) is 2. The molecule has 0 aromatic heterocycles. The molecule has 1 rings (SSSR count). The summed E-state index contributed by atoms with van der Waals surface area (Å²) >= 11 is 0. The number of carbonyl (C=O) groups excluding carboxylic acids is 1. The van der Waals surface area contributed by atoms with E-state index >= 15 is 0 Å². The average molecular weight is 225 g/mol. The van der Waals surface area contributed by atoms with E-state index in [0.717, 1.165) is 0 Å². The van der Waals surface area contributed by atoms with Crippen molar-refractivity contribution in [2.75, 3.05) is 5.73 Å². The van der Waals surface area contributed by atoms with Crippen LogP contribution < -0.4 is 5.73 Å². The van der Waals surface area contributed by atoms with Gasteiger partial charge in [0.15, 0.2) is 5.78 Å². The van der Waals surface area contributed by atoms with Gasteiger partial charge in [-0.2, -0.15) is 0 Å². The molecule has 0 bridgehead atoms. The molecule has 0 spiro atoms. The van der Waals surface area contributed by atoms with Crippen molar-refractivity contribution in [2.45, 2.75) is 48.5 Å². The predicted molar refractivity (Wildman–Crippen MR) is 74.9 cm³/mol. The van der Waals surface area contributed by atoms with Gasteiger partial charge in [0.25, 0.3) is 0 Å². The van der Waals surface area contributed by atoms with Gasteiger partial charge in [-0.15, -0.1) is 0 Å². The highest BCUT2D eigenvalue weighted by atomic mass is 16.1. The van der Waals surface area contributed by atoms with Gasteiger partial charge in [0.05, 0.1) is 0 Å². The summed E-state index contributed by atoms with van der Waals surface area (Å²) in [7, 11) is 0. The van der Waals surface area contributed by atoms with Crippen molar-refractivity contribution in [3.63, 3.8) is 0 Å². The van der Waals surface area contributed by atoms with Crippen LogP contribution in [0.5, 0.6) is 0 Å². The number of rotatable bonds is 1. The van der Waals surface area contributed by atoms with Gasteiger partial charge < -0.3 is 5.73 Å². The number of para-hydroxylation sites is 1. The molecule has 0 aliphatic carbocycles. The Morgan fingerprint density at radius 2 is 1.31 bits per heavy atom. The Kier molecular flexibility index (Phi) is 20.3. The van der Waals surface area contributed by atoms with Gasteiger partial charge in [0, 0.05) is 11.3 Å². The molecule has 1 aromatic carbocycles. The molecule has 0 heterocycles. The normalized spacial score (nSPS) is 6.94. The molecule has 0 unspecified atom stereocenters. The molecule has 0 aliphatic rings. The lowest BCUT2D eigenvalue weighted by Crippen LogP contribution is -1.97. The summed E-state index contributed by atoms with van der Waals surface area (Å²) in [5.41, 5.74) is 6.65. The first-order chi connectivity index (χ1) is 7.72. The number of Topliss-reactive ketones (excluding diaryl/α,β-unsaturated/α-hetero) is 1. The van der Waals surface area contributed by atoms with E-state index in [1.165, 1.54) is 6.92 Å². The van der Waals surface area contributed by atoms with E-state index in [9.17, 15) is 4.79 Å². The standard InChI is InChI=1S/C8H9NO.3C2H6/c1-6(10)7-4-2-3-5-8(7)9;3*1-2/h2-5H,9H2,1H3;3*1-2H3. The summed E-state index contributed by atoms with van der Waals surface area (Å²) in [5, 5.41) is 0. The Labute approximate surface area is 101 Å². The van der Waals surface area contributed by atoms with Gasteiger partial charge in [0.1, 0.15) is 0 Å². The van der Waals surface area contributed by atoms with Crippen molar-refractivity contribution >= 4 is 11.5 Å². The van der Waals surface area contributed by atoms with E-state index < -0.39 is 0 Å². The average Bonchev–Trinajstić information content (AvgIpc) is 2.37. The smallest absolute Gasteiger partial charge is 0.161 e. The SMILES string of the molecule is CC.CC.CC.CC(=O)c1ccccc1N. The Balaban J connectivity index is -0.000000245. The number of hydrogen-bond donors (Lipinski definition) is 1. The molecule has 16 heavy (non-hydrogen) atoms. The van der Waals surface area contributed by atoms with Crippen LogP contribution in [0.1, 0.15) is 58.8 Å². The number of benzene rings is 1. The highest BCUT2D eigenvalue weighted by Gasteiger charge is 2.00. The van der Waals surface area contributed by atoms with Crippen LogP contribution in [-0.2, 0) is 0 Å². The zero-order valence-corrected chi connectivity index (χ0v) is 11.8. The summed E-state index contributed by atoms with van der Waals surface area (Å²) in [6.07, 6.45) is 0. The molecule has 2 nitrogen and oxygen atoms in total. The molecule has 2 N–H and O–H groups in total. The Hall–Kier alpha value is -1.31. The van der Waals surface area contributed by atoms with E-state index in [1.807, 2.05) is 47.6 Å². The number of anilines is 1. The van der Waals surface area contributed by atoms with E-state index in [2.05, 4.69) is 0 Å². The second-order valence-corrected chi connectivity index (χ2v) is 2.14. The van der Waals surface area contributed by atoms with E-state index in [0.29, 0.717) is 11.3 Å². The third-order valence-corrected chi connectivity index (χ3v) is 1.34. The van der Waals surface area contributed by atoms with Crippen LogP contribution in [0.4, 0.5) is 5.69 Å². The monoisotopic (exact) mass is 225 g/mol. The molecule has 1 aromatic rings. The molecule has 0 saturated carbocycles. The number of ketones is 1. The first kappa shape index (κ1) is 20.1. The molecule has 0 radical (unpaired) electrons. The minimum atomic E-state index is 0.0121. The molecule has 0 saturated heterocycles. The number of carbonyl (C=O) groups is 1. The van der Waals surface area contributed by atoms with E-state index in [-0.39, 0.29) is 5.78 Å². The maximum Gasteiger partial charge on any atom is 0.161 e. The first-order valence-corrected chi connectivity index (χ1v) is 6.07. The van der Waals surface area contributed by atoms with Crippen molar-refractivity contribution < 1.29 is 4.79 Å². The third kappa shape index (κ3) is 9.25. The molecular formula is C14H27NO. The van der Waals surface area contributed by atoms with Crippen molar-refractivity contribution in [3.05, 3.63) is 29.8 Å². The lowest BCUT2D eigenvalue weighted by molar-refractivity contribution is 0.101. The van der Waals surface area contributed by atoms with Crippen LogP contribution in [0, 0.1) is 0 Å². The van der Waals surface area contributed by atoms with Gasteiger partial charge in [-0.05, 0) is 19.1 Å². The summed E-state index contributed by atoms with van der Waals surface area (Å²) in [4.78, 5) is 10.8. The van der Waals surface area contributed by atoms with Crippen molar-refractivity contribution in [1.82, 2.24) is 0 Å². The fourth-order valence-electron chi connectivity index (χ4n) is 0.818. The van der Waals surface area contributed by atoms with E-state index in [4.69, 9.17) is 5.73 Å². The molecule has 2 heteroatoms. The summed E-state index contributed by atoms with van der Waals surface area (Å²) < 4.78 is 0. The van der Waals surface area contributed by atoms with Crippen molar-refractivity contribution in [2.24, 2.45) is 0 Å². The van der Waals surface area contributed by atoms with Gasteiger partial charge in [0.2, 0.25) is 0 Å². The molecule has 94 valence electrons. The van der Waals surface area contributed by atoms with Crippen LogP contribution in [-0.4, -0.2) is 5.78 Å². The summed E-state index contributed by atoms with van der Waals surface area (Å²) in [6.45, 7) is 13.5. The Bertz CT molecular complexity index is 257. The Morgan fingerprint density at radius 1 is 0.938 bits per heavy atom. The lowest BCUT2D eigenvalue weighted by atomic mass is 10.1. The van der Waals surface area contributed by atoms with Crippen LogP contribution >= 0.6 is 0 Å². The zero-order valence-electron chi connectivity index (χ0n) is 11.8. The van der Waals surface area contributed by atoms with Crippen LogP contribution in [0.3, 0.4) is 0 Å². The van der Waals surface area contributed by atoms with Crippen LogP contribution in [0.25, 0.3) is 0 Å². The summed E-state index contributed by atoms with van der Waals surface area (Å²) in [6, 6.07) is 7.04. The fourth-order valence-corrected chi connectivity index (χ4v) is 0.818. The molecule has 0 fully saturated rings. The third-order valence-electron chi connectivity index (χ3n) is 1.34. The van der Waals surface area contributed by atoms with Crippen LogP contribution in [0.15, 0.2) is 24.3 Å². The van der Waals surface area contributed by atoms with Gasteiger partial charge in [-0.3, -0.25) is 4.79 Å². The van der Waals surface area contributed by atoms with Crippen molar-refractivity contribution in [1.29, 1.82) is 0 Å². The van der Waals surface area contributed by atoms with Crippen molar-refractivity contribution in [3.8, 4) is 0 Å². The van der Waals surface area contributed by atoms with E-state index in [1.54, 1.807) is 18.2 Å². The highest BCUT2D eigenvalue weighted by molar-refractivity contribution is 5.98. The van der Waals surface area contributed by atoms with Crippen LogP contribution in [0.2, 0.25) is 0 Å². The summed E-state index contributed by atoms with van der Waals surface area (Å²) in [5.74, 6) is 0.0121.